The fraction of sp³-hybridized carbons (Fsp3) is 0.296. The fourth-order valence-corrected chi connectivity index (χ4v) is 5.37. The number of benzene rings is 2. The fourth-order valence-electron chi connectivity index (χ4n) is 4.22. The first-order valence-corrected chi connectivity index (χ1v) is 12.7. The summed E-state index contributed by atoms with van der Waals surface area (Å²) >= 11 is 1.10. The van der Waals surface area contributed by atoms with Crippen molar-refractivity contribution < 1.29 is 32.2 Å². The maximum Gasteiger partial charge on any atom is 0.433 e. The van der Waals surface area contributed by atoms with Crippen LogP contribution in [-0.4, -0.2) is 34.6 Å². The number of fused-ring (bicyclic) bond motifs is 1. The second-order valence-electron chi connectivity index (χ2n) is 8.74. The summed E-state index contributed by atoms with van der Waals surface area (Å²) in [6.07, 6.45) is -3.78. The van der Waals surface area contributed by atoms with Crippen LogP contribution in [0.4, 0.5) is 18.0 Å². The quantitative estimate of drug-likeness (QED) is 0.256. The number of thiazole rings is 1. The van der Waals surface area contributed by atoms with Crippen LogP contribution in [0.2, 0.25) is 0 Å². The Morgan fingerprint density at radius 3 is 2.50 bits per heavy atom. The van der Waals surface area contributed by atoms with E-state index in [1.165, 1.54) is 0 Å². The minimum atomic E-state index is -4.66. The number of carbonyl (C=O) groups is 1. The molecular formula is C27H24F3N3O4S. The van der Waals surface area contributed by atoms with Crippen molar-refractivity contribution >= 4 is 27.6 Å². The second kappa shape index (κ2) is 10.9. The van der Waals surface area contributed by atoms with Gasteiger partial charge in [-0.3, -0.25) is 4.90 Å². The third-order valence-corrected chi connectivity index (χ3v) is 7.27. The number of ether oxygens (including phenoxy) is 3. The zero-order valence-electron chi connectivity index (χ0n) is 20.4. The van der Waals surface area contributed by atoms with E-state index in [0.29, 0.717) is 23.7 Å². The molecule has 4 aromatic rings. The Morgan fingerprint density at radius 2 is 1.79 bits per heavy atom. The van der Waals surface area contributed by atoms with Gasteiger partial charge in [0, 0.05) is 6.54 Å². The van der Waals surface area contributed by atoms with Gasteiger partial charge in [0.15, 0.2) is 0 Å². The molecule has 1 aliphatic rings. The van der Waals surface area contributed by atoms with Crippen LogP contribution in [0.1, 0.15) is 40.7 Å². The Kier molecular flexibility index (Phi) is 7.37. The summed E-state index contributed by atoms with van der Waals surface area (Å²) in [4.78, 5) is 22.8. The number of pyridine rings is 1. The van der Waals surface area contributed by atoms with Gasteiger partial charge in [-0.05, 0) is 42.2 Å². The zero-order chi connectivity index (χ0) is 26.7. The van der Waals surface area contributed by atoms with Gasteiger partial charge in [0.2, 0.25) is 5.88 Å². The van der Waals surface area contributed by atoms with E-state index in [-0.39, 0.29) is 29.3 Å². The maximum absolute atomic E-state index is 13.6. The van der Waals surface area contributed by atoms with Gasteiger partial charge in [-0.1, -0.05) is 42.5 Å². The molecule has 1 saturated heterocycles. The van der Waals surface area contributed by atoms with Gasteiger partial charge in [0.05, 0.1) is 17.9 Å². The Bertz CT molecular complexity index is 1410. The molecule has 0 saturated carbocycles. The van der Waals surface area contributed by atoms with E-state index in [1.54, 1.807) is 36.3 Å². The predicted octanol–water partition coefficient (Wildman–Crippen LogP) is 6.77. The molecule has 0 spiro atoms. The van der Waals surface area contributed by atoms with Crippen LogP contribution in [0.3, 0.4) is 0 Å². The van der Waals surface area contributed by atoms with E-state index in [2.05, 4.69) is 9.97 Å². The molecule has 0 radical (unpaired) electrons. The molecule has 1 amide bonds. The number of carbonyl (C=O) groups excluding carboxylic acids is 1. The first-order chi connectivity index (χ1) is 18.3. The van der Waals surface area contributed by atoms with Crippen LogP contribution >= 0.6 is 11.3 Å². The standard InChI is InChI=1S/C27H24F3N3O4S/c1-35-19-11-9-18(10-12-19)15-36-24-23-21(14-22(31-24)27(28,29)30)38-25(32-23)20-8-5-13-33(20)26(34)37-16-17-6-3-2-4-7-17/h2-4,6-7,9-12,14,20H,5,8,13,15-16H2,1H3. The molecule has 1 unspecified atom stereocenters. The molecule has 0 bridgehead atoms. The highest BCUT2D eigenvalue weighted by molar-refractivity contribution is 7.18. The molecule has 3 heterocycles. The topological polar surface area (TPSA) is 73.8 Å². The largest absolute Gasteiger partial charge is 0.497 e. The van der Waals surface area contributed by atoms with Gasteiger partial charge in [0.1, 0.15) is 35.2 Å². The Balaban J connectivity index is 1.39. The van der Waals surface area contributed by atoms with Crippen LogP contribution in [0.25, 0.3) is 10.2 Å². The molecule has 5 rings (SSSR count). The number of hydrogen-bond donors (Lipinski definition) is 0. The predicted molar refractivity (Wildman–Crippen MR) is 135 cm³/mol. The average molecular weight is 544 g/mol. The molecule has 0 N–H and O–H groups in total. The van der Waals surface area contributed by atoms with Gasteiger partial charge >= 0.3 is 12.3 Å². The highest BCUT2D eigenvalue weighted by Crippen LogP contribution is 2.41. The van der Waals surface area contributed by atoms with Crippen LogP contribution in [-0.2, 0) is 24.1 Å². The number of hydrogen-bond acceptors (Lipinski definition) is 7. The average Bonchev–Trinajstić information content (AvgIpc) is 3.58. The van der Waals surface area contributed by atoms with Crippen LogP contribution < -0.4 is 9.47 Å². The molecule has 38 heavy (non-hydrogen) atoms. The van der Waals surface area contributed by atoms with Gasteiger partial charge in [0.25, 0.3) is 0 Å². The molecule has 1 aliphatic heterocycles. The molecule has 2 aromatic heterocycles. The first kappa shape index (κ1) is 25.8. The van der Waals surface area contributed by atoms with Crippen molar-refractivity contribution in [3.63, 3.8) is 0 Å². The number of nitrogens with zero attached hydrogens (tertiary/aromatic N) is 3. The third-order valence-electron chi connectivity index (χ3n) is 6.16. The SMILES string of the molecule is COc1ccc(COc2nc(C(F)(F)F)cc3sc(C4CCCN4C(=O)OCc4ccccc4)nc23)cc1. The van der Waals surface area contributed by atoms with Crippen LogP contribution in [0.15, 0.2) is 60.7 Å². The van der Waals surface area contributed by atoms with Crippen molar-refractivity contribution in [1.82, 2.24) is 14.9 Å². The first-order valence-electron chi connectivity index (χ1n) is 11.9. The maximum atomic E-state index is 13.6. The molecule has 2 aromatic carbocycles. The Hall–Kier alpha value is -3.86. The number of methoxy groups -OCH3 is 1. The van der Waals surface area contributed by atoms with Gasteiger partial charge in [-0.25, -0.2) is 14.8 Å². The van der Waals surface area contributed by atoms with Crippen molar-refractivity contribution in [2.75, 3.05) is 13.7 Å². The van der Waals surface area contributed by atoms with E-state index >= 15 is 0 Å². The lowest BCUT2D eigenvalue weighted by molar-refractivity contribution is -0.141. The summed E-state index contributed by atoms with van der Waals surface area (Å²) < 4.78 is 57.5. The number of rotatable bonds is 7. The summed E-state index contributed by atoms with van der Waals surface area (Å²) in [6, 6.07) is 16.9. The van der Waals surface area contributed by atoms with Crippen molar-refractivity contribution in [3.8, 4) is 11.6 Å². The lowest BCUT2D eigenvalue weighted by atomic mass is 10.2. The third kappa shape index (κ3) is 5.67. The highest BCUT2D eigenvalue weighted by atomic mass is 32.1. The number of amides is 1. The van der Waals surface area contributed by atoms with E-state index < -0.39 is 24.0 Å². The molecule has 0 aliphatic carbocycles. The summed E-state index contributed by atoms with van der Waals surface area (Å²) in [6.45, 7) is 0.605. The molecule has 1 fully saturated rings. The number of aromatic nitrogens is 2. The summed E-state index contributed by atoms with van der Waals surface area (Å²) in [5.41, 5.74) is 0.768. The summed E-state index contributed by atoms with van der Waals surface area (Å²) in [7, 11) is 1.54. The zero-order valence-corrected chi connectivity index (χ0v) is 21.2. The lowest BCUT2D eigenvalue weighted by Crippen LogP contribution is -2.31. The molecular weight excluding hydrogens is 519 g/mol. The molecule has 7 nitrogen and oxygen atoms in total. The smallest absolute Gasteiger partial charge is 0.433 e. The van der Waals surface area contributed by atoms with Crippen molar-refractivity contribution in [1.29, 1.82) is 0 Å². The van der Waals surface area contributed by atoms with Crippen molar-refractivity contribution in [2.45, 2.75) is 38.3 Å². The number of likely N-dealkylation sites (tertiary alicyclic amines) is 1. The van der Waals surface area contributed by atoms with Gasteiger partial charge in [-0.2, -0.15) is 13.2 Å². The Labute approximate surface area is 220 Å². The summed E-state index contributed by atoms with van der Waals surface area (Å²) in [5, 5.41) is 0.518. The lowest BCUT2D eigenvalue weighted by Gasteiger charge is -2.22. The number of alkyl halides is 3. The van der Waals surface area contributed by atoms with Gasteiger partial charge in [-0.15, -0.1) is 11.3 Å². The van der Waals surface area contributed by atoms with E-state index in [0.717, 1.165) is 35.0 Å². The molecule has 198 valence electrons. The van der Waals surface area contributed by atoms with E-state index in [4.69, 9.17) is 14.2 Å². The minimum absolute atomic E-state index is 0.00162. The van der Waals surface area contributed by atoms with Crippen LogP contribution in [0, 0.1) is 0 Å². The molecule has 11 heteroatoms. The highest BCUT2D eigenvalue weighted by Gasteiger charge is 2.36. The molecule has 1 atom stereocenters. The number of halogens is 3. The second-order valence-corrected chi connectivity index (χ2v) is 9.80. The van der Waals surface area contributed by atoms with Crippen molar-refractivity contribution in [3.05, 3.63) is 82.5 Å². The monoisotopic (exact) mass is 543 g/mol. The normalized spacial score (nSPS) is 15.6. The Morgan fingerprint density at radius 1 is 1.05 bits per heavy atom. The van der Waals surface area contributed by atoms with E-state index in [9.17, 15) is 18.0 Å². The van der Waals surface area contributed by atoms with Crippen LogP contribution in [0.5, 0.6) is 11.6 Å². The van der Waals surface area contributed by atoms with Gasteiger partial charge < -0.3 is 14.2 Å². The van der Waals surface area contributed by atoms with Crippen molar-refractivity contribution in [2.24, 2.45) is 0 Å². The minimum Gasteiger partial charge on any atom is -0.497 e. The van der Waals surface area contributed by atoms with E-state index in [1.807, 2.05) is 30.3 Å². The summed E-state index contributed by atoms with van der Waals surface area (Å²) in [5.74, 6) is 0.449.